The average Bonchev–Trinajstić information content (AvgIpc) is 2.88. The molecule has 0 N–H and O–H groups in total. The van der Waals surface area contributed by atoms with E-state index in [9.17, 15) is 13.2 Å². The number of aryl methyl sites for hydroxylation is 1. The maximum atomic E-state index is 12.6. The molecule has 0 unspecified atom stereocenters. The van der Waals surface area contributed by atoms with Gasteiger partial charge in [-0.15, -0.1) is 0 Å². The zero-order chi connectivity index (χ0) is 15.5. The molecule has 0 amide bonds. The first-order valence-corrected chi connectivity index (χ1v) is 8.03. The number of carbonyl (C=O) groups is 1. The van der Waals surface area contributed by atoms with Crippen molar-refractivity contribution >= 4 is 16.0 Å². The predicted octanol–water partition coefficient (Wildman–Crippen LogP) is 2.00. The van der Waals surface area contributed by atoms with Crippen LogP contribution in [0.5, 0.6) is 0 Å². The van der Waals surface area contributed by atoms with Gasteiger partial charge in [0.05, 0.1) is 23.7 Å². The van der Waals surface area contributed by atoms with Gasteiger partial charge in [0.15, 0.2) is 0 Å². The van der Waals surface area contributed by atoms with E-state index in [1.54, 1.807) is 43.3 Å². The number of benzene rings is 1. The molecule has 1 aliphatic rings. The molecule has 0 atom stereocenters. The Bertz CT molecular complexity index is 687. The number of hydrogen-bond donors (Lipinski definition) is 0. The van der Waals surface area contributed by atoms with E-state index in [4.69, 9.17) is 4.74 Å². The highest BCUT2D eigenvalue weighted by molar-refractivity contribution is 7.89. The second-order valence-electron chi connectivity index (χ2n) is 4.57. The Balaban J connectivity index is 2.31. The van der Waals surface area contributed by atoms with E-state index in [0.29, 0.717) is 5.70 Å². The Labute approximate surface area is 124 Å². The minimum atomic E-state index is -3.67. The van der Waals surface area contributed by atoms with E-state index in [-0.39, 0.29) is 18.0 Å². The third kappa shape index (κ3) is 3.33. The van der Waals surface area contributed by atoms with Crippen LogP contribution in [0.3, 0.4) is 0 Å². The van der Waals surface area contributed by atoms with Gasteiger partial charge in [-0.25, -0.2) is 13.2 Å². The zero-order valence-corrected chi connectivity index (χ0v) is 12.8. The molecule has 6 heteroatoms. The highest BCUT2D eigenvalue weighted by atomic mass is 32.2. The molecule has 1 aliphatic heterocycles. The van der Waals surface area contributed by atoms with Gasteiger partial charge in [-0.05, 0) is 32.1 Å². The average molecular weight is 307 g/mol. The van der Waals surface area contributed by atoms with Crippen LogP contribution in [-0.2, 0) is 19.6 Å². The van der Waals surface area contributed by atoms with Gasteiger partial charge in [-0.2, -0.15) is 0 Å². The number of ether oxygens (including phenoxy) is 1. The minimum absolute atomic E-state index is 0.201. The molecule has 112 valence electrons. The summed E-state index contributed by atoms with van der Waals surface area (Å²) >= 11 is 0. The lowest BCUT2D eigenvalue weighted by atomic mass is 10.2. The maximum Gasteiger partial charge on any atom is 0.332 e. The predicted molar refractivity (Wildman–Crippen MR) is 78.9 cm³/mol. The van der Waals surface area contributed by atoms with Crippen molar-refractivity contribution < 1.29 is 17.9 Å². The van der Waals surface area contributed by atoms with Gasteiger partial charge < -0.3 is 4.74 Å². The lowest BCUT2D eigenvalue weighted by Crippen LogP contribution is -2.27. The maximum absolute atomic E-state index is 12.6. The smallest absolute Gasteiger partial charge is 0.332 e. The van der Waals surface area contributed by atoms with E-state index in [0.717, 1.165) is 5.56 Å². The normalized spacial score (nSPS) is 16.5. The summed E-state index contributed by atoms with van der Waals surface area (Å²) in [4.78, 5) is 11.7. The molecule has 0 aromatic heterocycles. The first kappa shape index (κ1) is 15.3. The molecule has 0 aliphatic carbocycles. The fourth-order valence-corrected chi connectivity index (χ4v) is 3.36. The summed E-state index contributed by atoms with van der Waals surface area (Å²) in [6, 6.07) is 6.60. The molecule has 5 nitrogen and oxygen atoms in total. The summed E-state index contributed by atoms with van der Waals surface area (Å²) in [6.45, 7) is 4.04. The molecular formula is C15H17NO4S. The Hall–Kier alpha value is -2.08. The van der Waals surface area contributed by atoms with Crippen molar-refractivity contribution in [3.05, 3.63) is 53.8 Å². The molecule has 0 radical (unpaired) electrons. The number of carbonyl (C=O) groups excluding carboxylic acids is 1. The molecule has 21 heavy (non-hydrogen) atoms. The standard InChI is InChI=1S/C15H17NO4S/c1-3-20-15(17)11-13-5-4-10-16(13)21(18,19)14-8-6-12(2)7-9-14/h4-9,11H,3,10H2,1-2H3/b13-11+. The van der Waals surface area contributed by atoms with E-state index < -0.39 is 16.0 Å². The van der Waals surface area contributed by atoms with Gasteiger partial charge in [0, 0.05) is 6.08 Å². The Morgan fingerprint density at radius 1 is 1.33 bits per heavy atom. The second kappa shape index (κ2) is 6.13. The Morgan fingerprint density at radius 3 is 2.62 bits per heavy atom. The van der Waals surface area contributed by atoms with Crippen molar-refractivity contribution in [1.82, 2.24) is 4.31 Å². The molecule has 0 spiro atoms. The number of rotatable bonds is 4. The summed E-state index contributed by atoms with van der Waals surface area (Å²) < 4.78 is 31.2. The fourth-order valence-electron chi connectivity index (χ4n) is 1.96. The van der Waals surface area contributed by atoms with Crippen LogP contribution in [0.25, 0.3) is 0 Å². The van der Waals surface area contributed by atoms with Crippen LogP contribution in [0.1, 0.15) is 12.5 Å². The van der Waals surface area contributed by atoms with Crippen LogP contribution < -0.4 is 0 Å². The van der Waals surface area contributed by atoms with Crippen LogP contribution in [0.2, 0.25) is 0 Å². The molecule has 1 aromatic carbocycles. The third-order valence-corrected chi connectivity index (χ3v) is 4.82. The molecule has 0 fully saturated rings. The van der Waals surface area contributed by atoms with Crippen molar-refractivity contribution in [2.45, 2.75) is 18.7 Å². The van der Waals surface area contributed by atoms with Gasteiger partial charge in [0.1, 0.15) is 0 Å². The topological polar surface area (TPSA) is 63.7 Å². The molecular weight excluding hydrogens is 290 g/mol. The van der Waals surface area contributed by atoms with E-state index >= 15 is 0 Å². The number of allylic oxidation sites excluding steroid dienone is 1. The van der Waals surface area contributed by atoms with Crippen molar-refractivity contribution in [3.63, 3.8) is 0 Å². The molecule has 0 bridgehead atoms. The highest BCUT2D eigenvalue weighted by Crippen LogP contribution is 2.24. The van der Waals surface area contributed by atoms with Gasteiger partial charge >= 0.3 is 5.97 Å². The van der Waals surface area contributed by atoms with Gasteiger partial charge in [0.25, 0.3) is 10.0 Å². The van der Waals surface area contributed by atoms with Crippen molar-refractivity contribution in [2.75, 3.05) is 13.2 Å². The SMILES string of the molecule is CCOC(=O)/C=C1\C=CCN1S(=O)(=O)c1ccc(C)cc1. The number of nitrogens with zero attached hydrogens (tertiary/aromatic N) is 1. The first-order chi connectivity index (χ1) is 9.95. The Kier molecular flexibility index (Phi) is 4.47. The van der Waals surface area contributed by atoms with Crippen LogP contribution in [0.4, 0.5) is 0 Å². The fraction of sp³-hybridized carbons (Fsp3) is 0.267. The lowest BCUT2D eigenvalue weighted by Gasteiger charge is -2.20. The second-order valence-corrected chi connectivity index (χ2v) is 6.44. The van der Waals surface area contributed by atoms with Crippen LogP contribution in [0.15, 0.2) is 53.1 Å². The van der Waals surface area contributed by atoms with E-state index in [2.05, 4.69) is 0 Å². The summed E-state index contributed by atoms with van der Waals surface area (Å²) in [7, 11) is -3.67. The van der Waals surface area contributed by atoms with Crippen molar-refractivity contribution in [2.24, 2.45) is 0 Å². The molecule has 2 rings (SSSR count). The van der Waals surface area contributed by atoms with Crippen LogP contribution in [-0.4, -0.2) is 31.8 Å². The summed E-state index contributed by atoms with van der Waals surface area (Å²) in [6.07, 6.45) is 4.48. The molecule has 1 heterocycles. The first-order valence-electron chi connectivity index (χ1n) is 6.59. The van der Waals surface area contributed by atoms with Crippen molar-refractivity contribution in [3.8, 4) is 0 Å². The number of sulfonamides is 1. The Morgan fingerprint density at radius 2 is 2.00 bits per heavy atom. The highest BCUT2D eigenvalue weighted by Gasteiger charge is 2.27. The van der Waals surface area contributed by atoms with Crippen molar-refractivity contribution in [1.29, 1.82) is 0 Å². The molecule has 0 saturated carbocycles. The van der Waals surface area contributed by atoms with E-state index in [1.807, 2.05) is 6.92 Å². The molecule has 0 saturated heterocycles. The number of hydrogen-bond acceptors (Lipinski definition) is 4. The lowest BCUT2D eigenvalue weighted by molar-refractivity contribution is -0.137. The number of esters is 1. The summed E-state index contributed by atoms with van der Waals surface area (Å²) in [5.41, 5.74) is 1.30. The van der Waals surface area contributed by atoms with Gasteiger partial charge in [0.2, 0.25) is 0 Å². The monoisotopic (exact) mass is 307 g/mol. The minimum Gasteiger partial charge on any atom is -0.463 e. The molecule has 1 aromatic rings. The third-order valence-electron chi connectivity index (χ3n) is 3.01. The van der Waals surface area contributed by atoms with Crippen LogP contribution in [0, 0.1) is 6.92 Å². The quantitative estimate of drug-likeness (QED) is 0.630. The summed E-state index contributed by atoms with van der Waals surface area (Å²) in [5, 5.41) is 0. The van der Waals surface area contributed by atoms with Gasteiger partial charge in [-0.1, -0.05) is 23.8 Å². The zero-order valence-electron chi connectivity index (χ0n) is 11.9. The van der Waals surface area contributed by atoms with E-state index in [1.165, 1.54) is 10.4 Å². The summed E-state index contributed by atoms with van der Waals surface area (Å²) in [5.74, 6) is -0.553. The van der Waals surface area contributed by atoms with Gasteiger partial charge in [-0.3, -0.25) is 4.31 Å². The largest absolute Gasteiger partial charge is 0.463 e. The van der Waals surface area contributed by atoms with Crippen LogP contribution >= 0.6 is 0 Å².